The van der Waals surface area contributed by atoms with Crippen molar-refractivity contribution in [3.8, 4) is 0 Å². The van der Waals surface area contributed by atoms with E-state index in [0.29, 0.717) is 12.3 Å². The molecule has 0 unspecified atom stereocenters. The van der Waals surface area contributed by atoms with Crippen LogP contribution in [-0.4, -0.2) is 5.88 Å². The molecule has 1 aliphatic rings. The Morgan fingerprint density at radius 1 is 0.778 bits per heavy atom. The molecule has 0 spiro atoms. The maximum atomic E-state index is 14.0. The summed E-state index contributed by atoms with van der Waals surface area (Å²) in [6.45, 7) is 0. The van der Waals surface area contributed by atoms with Crippen molar-refractivity contribution in [3.63, 3.8) is 0 Å². The Balaban J connectivity index is 1.98. The van der Waals surface area contributed by atoms with E-state index in [1.54, 1.807) is 24.3 Å². The van der Waals surface area contributed by atoms with E-state index in [1.165, 1.54) is 18.2 Å². The molecule has 4 rings (SSSR count). The van der Waals surface area contributed by atoms with Gasteiger partial charge in [-0.25, -0.2) is 8.78 Å². The zero-order chi connectivity index (χ0) is 18.8. The van der Waals surface area contributed by atoms with Gasteiger partial charge in [-0.3, -0.25) is 0 Å². The van der Waals surface area contributed by atoms with Gasteiger partial charge >= 0.3 is 0 Å². The van der Waals surface area contributed by atoms with Gasteiger partial charge in [-0.05, 0) is 75.7 Å². The topological polar surface area (TPSA) is 0 Å². The molecule has 0 heterocycles. The Labute approximate surface area is 162 Å². The fraction of sp³-hybridized carbons (Fsp3) is 0.0833. The van der Waals surface area contributed by atoms with Gasteiger partial charge in [0.1, 0.15) is 11.6 Å². The van der Waals surface area contributed by atoms with Crippen molar-refractivity contribution in [1.29, 1.82) is 0 Å². The van der Waals surface area contributed by atoms with Gasteiger partial charge in [0.25, 0.3) is 0 Å². The molecular formula is C24H17ClF2. The zero-order valence-electron chi connectivity index (χ0n) is 14.6. The maximum absolute atomic E-state index is 14.0. The molecular weight excluding hydrogens is 362 g/mol. The summed E-state index contributed by atoms with van der Waals surface area (Å²) in [7, 11) is 0. The minimum Gasteiger partial charge on any atom is -0.207 e. The SMILES string of the molecule is Fc1ccc(C2=C(CCCl)/C(=C/c3ccccc3)c3cc(F)ccc32)cc1. The third-order valence-corrected chi connectivity index (χ3v) is 4.94. The number of allylic oxidation sites excluding steroid dienone is 2. The van der Waals surface area contributed by atoms with Crippen molar-refractivity contribution in [2.24, 2.45) is 0 Å². The number of benzene rings is 3. The number of fused-ring (bicyclic) bond motifs is 1. The van der Waals surface area contributed by atoms with E-state index in [1.807, 2.05) is 30.3 Å². The molecule has 0 N–H and O–H groups in total. The molecule has 3 heteroatoms. The van der Waals surface area contributed by atoms with E-state index in [2.05, 4.69) is 6.08 Å². The first-order valence-corrected chi connectivity index (χ1v) is 9.33. The highest BCUT2D eigenvalue weighted by atomic mass is 35.5. The first-order chi connectivity index (χ1) is 13.2. The highest BCUT2D eigenvalue weighted by molar-refractivity contribution is 6.19. The molecule has 3 aromatic carbocycles. The van der Waals surface area contributed by atoms with Crippen LogP contribution in [0.4, 0.5) is 8.78 Å². The van der Waals surface area contributed by atoms with Crippen LogP contribution in [-0.2, 0) is 0 Å². The summed E-state index contributed by atoms with van der Waals surface area (Å²) in [5.74, 6) is -0.114. The largest absolute Gasteiger partial charge is 0.207 e. The standard InChI is InChI=1S/C24H17ClF2/c25-13-12-21-22(14-16-4-2-1-3-5-16)23-15-19(27)10-11-20(23)24(21)17-6-8-18(26)9-7-17/h1-11,14-15H,12-13H2/b22-14-. The van der Waals surface area contributed by atoms with Gasteiger partial charge in [0.15, 0.2) is 0 Å². The van der Waals surface area contributed by atoms with E-state index in [9.17, 15) is 8.78 Å². The highest BCUT2D eigenvalue weighted by Gasteiger charge is 2.27. The van der Waals surface area contributed by atoms with Crippen LogP contribution in [0.2, 0.25) is 0 Å². The van der Waals surface area contributed by atoms with Crippen LogP contribution < -0.4 is 0 Å². The Hall–Kier alpha value is -2.71. The quantitative estimate of drug-likeness (QED) is 0.431. The number of hydrogen-bond acceptors (Lipinski definition) is 0. The van der Waals surface area contributed by atoms with Crippen LogP contribution in [0, 0.1) is 11.6 Å². The summed E-state index contributed by atoms with van der Waals surface area (Å²) in [5.41, 5.74) is 6.75. The molecule has 0 atom stereocenters. The molecule has 1 aliphatic carbocycles. The Morgan fingerprint density at radius 2 is 1.48 bits per heavy atom. The smallest absolute Gasteiger partial charge is 0.123 e. The molecule has 0 aromatic heterocycles. The molecule has 0 nitrogen and oxygen atoms in total. The monoisotopic (exact) mass is 378 g/mol. The number of rotatable bonds is 4. The lowest BCUT2D eigenvalue weighted by molar-refractivity contribution is 0.627. The number of hydrogen-bond donors (Lipinski definition) is 0. The molecule has 0 bridgehead atoms. The molecule has 0 saturated carbocycles. The Kier molecular flexibility index (Phi) is 4.91. The van der Waals surface area contributed by atoms with Crippen molar-refractivity contribution in [1.82, 2.24) is 0 Å². The van der Waals surface area contributed by atoms with E-state index in [-0.39, 0.29) is 11.6 Å². The molecule has 0 aliphatic heterocycles. The van der Waals surface area contributed by atoms with Crippen molar-refractivity contribution in [2.75, 3.05) is 5.88 Å². The van der Waals surface area contributed by atoms with Gasteiger partial charge in [-0.15, -0.1) is 11.6 Å². The Bertz CT molecular complexity index is 1030. The van der Waals surface area contributed by atoms with Gasteiger partial charge in [0.2, 0.25) is 0 Å². The van der Waals surface area contributed by atoms with Crippen LogP contribution in [0.5, 0.6) is 0 Å². The predicted molar refractivity (Wildman–Crippen MR) is 108 cm³/mol. The summed E-state index contributed by atoms with van der Waals surface area (Å²) >= 11 is 6.11. The van der Waals surface area contributed by atoms with Gasteiger partial charge in [-0.1, -0.05) is 48.5 Å². The van der Waals surface area contributed by atoms with Crippen molar-refractivity contribution >= 4 is 28.8 Å². The average molecular weight is 379 g/mol. The van der Waals surface area contributed by atoms with Crippen LogP contribution >= 0.6 is 11.6 Å². The minimum atomic E-state index is -0.282. The third kappa shape index (κ3) is 3.45. The summed E-state index contributed by atoms with van der Waals surface area (Å²) < 4.78 is 27.5. The van der Waals surface area contributed by atoms with E-state index < -0.39 is 0 Å². The molecule has 0 amide bonds. The summed E-state index contributed by atoms with van der Waals surface area (Å²) in [6.07, 6.45) is 2.71. The summed E-state index contributed by atoms with van der Waals surface area (Å²) in [5, 5.41) is 0. The number of halogens is 3. The molecule has 134 valence electrons. The normalized spacial score (nSPS) is 14.7. The molecule has 3 aromatic rings. The summed E-state index contributed by atoms with van der Waals surface area (Å²) in [4.78, 5) is 0. The number of alkyl halides is 1. The first kappa shape index (κ1) is 17.7. The lowest BCUT2D eigenvalue weighted by Gasteiger charge is -2.09. The summed E-state index contributed by atoms with van der Waals surface area (Å²) in [6, 6.07) is 21.2. The van der Waals surface area contributed by atoms with Crippen LogP contribution in [0.1, 0.15) is 28.7 Å². The maximum Gasteiger partial charge on any atom is 0.123 e. The second-order valence-corrected chi connectivity index (χ2v) is 6.84. The van der Waals surface area contributed by atoms with Crippen molar-refractivity contribution in [2.45, 2.75) is 6.42 Å². The third-order valence-electron chi connectivity index (χ3n) is 4.76. The van der Waals surface area contributed by atoms with Crippen molar-refractivity contribution in [3.05, 3.63) is 112 Å². The van der Waals surface area contributed by atoms with E-state index in [0.717, 1.165) is 39.0 Å². The molecule has 27 heavy (non-hydrogen) atoms. The van der Waals surface area contributed by atoms with Gasteiger partial charge in [0.05, 0.1) is 0 Å². The second-order valence-electron chi connectivity index (χ2n) is 6.46. The van der Waals surface area contributed by atoms with Crippen LogP contribution in [0.3, 0.4) is 0 Å². The fourth-order valence-electron chi connectivity index (χ4n) is 3.60. The van der Waals surface area contributed by atoms with E-state index >= 15 is 0 Å². The average Bonchev–Trinajstić information content (AvgIpc) is 2.96. The molecule has 0 saturated heterocycles. The van der Waals surface area contributed by atoms with E-state index in [4.69, 9.17) is 11.6 Å². The van der Waals surface area contributed by atoms with Gasteiger partial charge in [-0.2, -0.15) is 0 Å². The lowest BCUT2D eigenvalue weighted by Crippen LogP contribution is -1.90. The lowest BCUT2D eigenvalue weighted by atomic mass is 9.96. The fourth-order valence-corrected chi connectivity index (χ4v) is 3.79. The minimum absolute atomic E-state index is 0.279. The van der Waals surface area contributed by atoms with Crippen LogP contribution in [0.25, 0.3) is 17.2 Å². The zero-order valence-corrected chi connectivity index (χ0v) is 15.3. The van der Waals surface area contributed by atoms with Gasteiger partial charge in [0, 0.05) is 5.88 Å². The van der Waals surface area contributed by atoms with Crippen LogP contribution in [0.15, 0.2) is 78.4 Å². The van der Waals surface area contributed by atoms with Gasteiger partial charge < -0.3 is 0 Å². The second kappa shape index (κ2) is 7.50. The highest BCUT2D eigenvalue weighted by Crippen LogP contribution is 2.47. The molecule has 0 fully saturated rings. The first-order valence-electron chi connectivity index (χ1n) is 8.80. The van der Waals surface area contributed by atoms with Crippen molar-refractivity contribution < 1.29 is 8.78 Å². The molecule has 0 radical (unpaired) electrons. The predicted octanol–water partition coefficient (Wildman–Crippen LogP) is 6.95. The Morgan fingerprint density at radius 3 is 2.19 bits per heavy atom.